The summed E-state index contributed by atoms with van der Waals surface area (Å²) in [5.41, 5.74) is 0.859. The Bertz CT molecular complexity index is 466. The topological polar surface area (TPSA) is 72.8 Å². The summed E-state index contributed by atoms with van der Waals surface area (Å²) in [7, 11) is 0. The minimum Gasteiger partial charge on any atom is -0.455 e. The molecule has 0 radical (unpaired) electrons. The van der Waals surface area contributed by atoms with Crippen molar-refractivity contribution in [2.75, 3.05) is 0 Å². The standard InChI is InChI=1S/C15H18O5/c1-3-13(16)20-15(18)10-9-14(17)19-11(2)12-7-5-4-6-8-12/h4-11,13,16H,3H2,1-2H3. The van der Waals surface area contributed by atoms with Crippen LogP contribution in [0.15, 0.2) is 42.5 Å². The molecule has 0 aliphatic heterocycles. The second kappa shape index (κ2) is 8.12. The van der Waals surface area contributed by atoms with Gasteiger partial charge in [-0.15, -0.1) is 0 Å². The number of carbonyl (C=O) groups is 2. The largest absolute Gasteiger partial charge is 0.455 e. The number of benzene rings is 1. The maximum Gasteiger partial charge on any atom is 0.333 e. The summed E-state index contributed by atoms with van der Waals surface area (Å²) >= 11 is 0. The Kier molecular flexibility index (Phi) is 6.46. The van der Waals surface area contributed by atoms with Crippen molar-refractivity contribution < 1.29 is 24.2 Å². The second-order valence-electron chi connectivity index (χ2n) is 4.12. The number of carbonyl (C=O) groups excluding carboxylic acids is 2. The highest BCUT2D eigenvalue weighted by atomic mass is 16.6. The highest BCUT2D eigenvalue weighted by Gasteiger charge is 2.10. The van der Waals surface area contributed by atoms with Gasteiger partial charge in [-0.2, -0.15) is 0 Å². The molecule has 108 valence electrons. The highest BCUT2D eigenvalue weighted by molar-refractivity contribution is 5.91. The monoisotopic (exact) mass is 278 g/mol. The lowest BCUT2D eigenvalue weighted by Crippen LogP contribution is -2.15. The molecule has 0 aliphatic carbocycles. The van der Waals surface area contributed by atoms with Gasteiger partial charge in [0.2, 0.25) is 6.29 Å². The number of hydrogen-bond donors (Lipinski definition) is 1. The SMILES string of the molecule is CCC(O)OC(=O)C=CC(=O)OC(C)c1ccccc1. The molecule has 5 nitrogen and oxygen atoms in total. The fourth-order valence-electron chi connectivity index (χ4n) is 1.40. The molecule has 0 aliphatic rings. The summed E-state index contributed by atoms with van der Waals surface area (Å²) < 4.78 is 9.68. The van der Waals surface area contributed by atoms with Crippen molar-refractivity contribution in [3.63, 3.8) is 0 Å². The smallest absolute Gasteiger partial charge is 0.333 e. The number of hydrogen-bond acceptors (Lipinski definition) is 5. The van der Waals surface area contributed by atoms with Crippen LogP contribution in [0, 0.1) is 0 Å². The van der Waals surface area contributed by atoms with Crippen LogP contribution in [-0.2, 0) is 19.1 Å². The quantitative estimate of drug-likeness (QED) is 0.490. The molecule has 0 fully saturated rings. The van der Waals surface area contributed by atoms with Crippen molar-refractivity contribution in [2.45, 2.75) is 32.7 Å². The molecule has 1 aromatic rings. The van der Waals surface area contributed by atoms with E-state index in [0.29, 0.717) is 0 Å². The van der Waals surface area contributed by atoms with Gasteiger partial charge >= 0.3 is 11.9 Å². The van der Waals surface area contributed by atoms with E-state index < -0.39 is 24.3 Å². The molecular weight excluding hydrogens is 260 g/mol. The van der Waals surface area contributed by atoms with Crippen molar-refractivity contribution in [1.29, 1.82) is 0 Å². The lowest BCUT2D eigenvalue weighted by Gasteiger charge is -2.11. The van der Waals surface area contributed by atoms with Crippen molar-refractivity contribution >= 4 is 11.9 Å². The minimum atomic E-state index is -1.16. The minimum absolute atomic E-state index is 0.287. The van der Waals surface area contributed by atoms with Crippen LogP contribution in [0.25, 0.3) is 0 Å². The van der Waals surface area contributed by atoms with Crippen molar-refractivity contribution in [3.8, 4) is 0 Å². The summed E-state index contributed by atoms with van der Waals surface area (Å²) in [6.07, 6.45) is 0.620. The number of rotatable bonds is 6. The van der Waals surface area contributed by atoms with Crippen molar-refractivity contribution in [3.05, 3.63) is 48.0 Å². The van der Waals surface area contributed by atoms with E-state index in [1.54, 1.807) is 13.8 Å². The summed E-state index contributed by atoms with van der Waals surface area (Å²) in [5.74, 6) is -1.44. The molecule has 0 spiro atoms. The molecule has 1 rings (SSSR count). The van der Waals surface area contributed by atoms with Gasteiger partial charge in [0.1, 0.15) is 6.10 Å². The summed E-state index contributed by atoms with van der Waals surface area (Å²) in [5, 5.41) is 9.09. The molecule has 20 heavy (non-hydrogen) atoms. The molecule has 5 heteroatoms. The van der Waals surface area contributed by atoms with Gasteiger partial charge in [0.15, 0.2) is 0 Å². The van der Waals surface area contributed by atoms with Gasteiger partial charge in [-0.3, -0.25) is 0 Å². The highest BCUT2D eigenvalue weighted by Crippen LogP contribution is 2.16. The van der Waals surface area contributed by atoms with Crippen LogP contribution < -0.4 is 0 Å². The van der Waals surface area contributed by atoms with E-state index in [2.05, 4.69) is 4.74 Å². The molecule has 1 aromatic carbocycles. The van der Waals surface area contributed by atoms with Gasteiger partial charge in [0, 0.05) is 18.6 Å². The van der Waals surface area contributed by atoms with Gasteiger partial charge < -0.3 is 14.6 Å². The van der Waals surface area contributed by atoms with Crippen LogP contribution in [0.1, 0.15) is 31.9 Å². The van der Waals surface area contributed by atoms with Gasteiger partial charge in [-0.1, -0.05) is 37.3 Å². The third-order valence-corrected chi connectivity index (χ3v) is 2.52. The maximum absolute atomic E-state index is 11.5. The Hall–Kier alpha value is -2.14. The molecule has 0 bridgehead atoms. The zero-order valence-corrected chi connectivity index (χ0v) is 11.5. The molecule has 0 heterocycles. The molecule has 0 saturated heterocycles. The lowest BCUT2D eigenvalue weighted by atomic mass is 10.1. The first-order valence-corrected chi connectivity index (χ1v) is 6.35. The van der Waals surface area contributed by atoms with E-state index in [-0.39, 0.29) is 6.42 Å². The van der Waals surface area contributed by atoms with E-state index in [0.717, 1.165) is 17.7 Å². The Balaban J connectivity index is 2.45. The molecule has 2 atom stereocenters. The number of aliphatic hydroxyl groups is 1. The number of ether oxygens (including phenoxy) is 2. The van der Waals surface area contributed by atoms with Crippen LogP contribution in [0.4, 0.5) is 0 Å². The third kappa shape index (κ3) is 5.67. The zero-order valence-electron chi connectivity index (χ0n) is 11.5. The summed E-state index contributed by atoms with van der Waals surface area (Å²) in [6, 6.07) is 9.24. The zero-order chi connectivity index (χ0) is 15.0. The lowest BCUT2D eigenvalue weighted by molar-refractivity contribution is -0.162. The Morgan fingerprint density at radius 1 is 1.15 bits per heavy atom. The first-order chi connectivity index (χ1) is 9.52. The van der Waals surface area contributed by atoms with Crippen LogP contribution in [0.5, 0.6) is 0 Å². The van der Waals surface area contributed by atoms with E-state index >= 15 is 0 Å². The average Bonchev–Trinajstić information content (AvgIpc) is 2.45. The first kappa shape index (κ1) is 15.9. The molecule has 2 unspecified atom stereocenters. The Morgan fingerprint density at radius 2 is 1.70 bits per heavy atom. The van der Waals surface area contributed by atoms with Crippen LogP contribution in [-0.4, -0.2) is 23.3 Å². The van der Waals surface area contributed by atoms with Gasteiger partial charge in [0.25, 0.3) is 0 Å². The second-order valence-corrected chi connectivity index (χ2v) is 4.12. The maximum atomic E-state index is 11.5. The van der Waals surface area contributed by atoms with Crippen LogP contribution in [0.3, 0.4) is 0 Å². The third-order valence-electron chi connectivity index (χ3n) is 2.52. The van der Waals surface area contributed by atoms with Crippen LogP contribution >= 0.6 is 0 Å². The molecule has 0 aromatic heterocycles. The Labute approximate surface area is 117 Å². The average molecular weight is 278 g/mol. The van der Waals surface area contributed by atoms with E-state index in [1.807, 2.05) is 30.3 Å². The number of esters is 2. The van der Waals surface area contributed by atoms with Gasteiger partial charge in [-0.05, 0) is 12.5 Å². The first-order valence-electron chi connectivity index (χ1n) is 6.35. The number of aliphatic hydroxyl groups excluding tert-OH is 1. The van der Waals surface area contributed by atoms with E-state index in [9.17, 15) is 9.59 Å². The predicted molar refractivity (Wildman–Crippen MR) is 72.5 cm³/mol. The molecular formula is C15H18O5. The molecule has 1 N–H and O–H groups in total. The fourth-order valence-corrected chi connectivity index (χ4v) is 1.40. The van der Waals surface area contributed by atoms with Gasteiger partial charge in [-0.25, -0.2) is 9.59 Å². The summed E-state index contributed by atoms with van der Waals surface area (Å²) in [4.78, 5) is 22.7. The summed E-state index contributed by atoms with van der Waals surface area (Å²) in [6.45, 7) is 3.40. The molecule has 0 amide bonds. The normalized spacial score (nSPS) is 13.8. The van der Waals surface area contributed by atoms with Gasteiger partial charge in [0.05, 0.1) is 0 Å². The van der Waals surface area contributed by atoms with E-state index in [4.69, 9.17) is 9.84 Å². The fraction of sp³-hybridized carbons (Fsp3) is 0.333. The van der Waals surface area contributed by atoms with E-state index in [1.165, 1.54) is 0 Å². The van der Waals surface area contributed by atoms with Crippen LogP contribution in [0.2, 0.25) is 0 Å². The molecule has 0 saturated carbocycles. The van der Waals surface area contributed by atoms with Crippen molar-refractivity contribution in [1.82, 2.24) is 0 Å². The predicted octanol–water partition coefficient (Wildman–Crippen LogP) is 2.12. The van der Waals surface area contributed by atoms with Crippen molar-refractivity contribution in [2.24, 2.45) is 0 Å². The Morgan fingerprint density at radius 3 is 2.25 bits per heavy atom.